The zero-order chi connectivity index (χ0) is 16.6. The monoisotopic (exact) mass is 382 g/mol. The number of rotatable bonds is 4. The average Bonchev–Trinajstić information content (AvgIpc) is 2.91. The SMILES string of the molecule is O=C(NC1CC(C(=O)O)C1)c1coc(-c2ccc(Br)cc2F)n1. The van der Waals surface area contributed by atoms with Crippen LogP contribution in [0, 0.1) is 11.7 Å². The Labute approximate surface area is 138 Å². The second-order valence-electron chi connectivity index (χ2n) is 5.34. The molecule has 1 aromatic carbocycles. The number of carbonyl (C=O) groups excluding carboxylic acids is 1. The summed E-state index contributed by atoms with van der Waals surface area (Å²) in [5.74, 6) is -2.24. The van der Waals surface area contributed by atoms with Gasteiger partial charge in [0.15, 0.2) is 5.69 Å². The van der Waals surface area contributed by atoms with Gasteiger partial charge in [0.25, 0.3) is 5.91 Å². The fourth-order valence-corrected chi connectivity index (χ4v) is 2.69. The first-order valence-corrected chi connectivity index (χ1v) is 7.68. The Bertz CT molecular complexity index is 771. The molecule has 23 heavy (non-hydrogen) atoms. The summed E-state index contributed by atoms with van der Waals surface area (Å²) in [6.07, 6.45) is 1.94. The molecule has 0 radical (unpaired) electrons. The molecule has 0 spiro atoms. The molecule has 8 heteroatoms. The van der Waals surface area contributed by atoms with Crippen LogP contribution in [0.1, 0.15) is 23.3 Å². The normalized spacial score (nSPS) is 19.9. The van der Waals surface area contributed by atoms with E-state index in [9.17, 15) is 14.0 Å². The van der Waals surface area contributed by atoms with Crippen LogP contribution in [0.15, 0.2) is 33.4 Å². The number of hydrogen-bond acceptors (Lipinski definition) is 4. The van der Waals surface area contributed by atoms with E-state index in [0.29, 0.717) is 17.3 Å². The number of nitrogens with zero attached hydrogens (tertiary/aromatic N) is 1. The van der Waals surface area contributed by atoms with E-state index < -0.39 is 23.6 Å². The Hall–Kier alpha value is -2.22. The molecule has 0 unspecified atom stereocenters. The van der Waals surface area contributed by atoms with Gasteiger partial charge in [-0.25, -0.2) is 9.37 Å². The molecule has 0 aliphatic heterocycles. The van der Waals surface area contributed by atoms with E-state index in [2.05, 4.69) is 26.2 Å². The molecule has 0 atom stereocenters. The van der Waals surface area contributed by atoms with Gasteiger partial charge in [-0.3, -0.25) is 9.59 Å². The number of hydrogen-bond donors (Lipinski definition) is 2. The van der Waals surface area contributed by atoms with Gasteiger partial charge in [0.1, 0.15) is 12.1 Å². The number of aromatic nitrogens is 1. The summed E-state index contributed by atoms with van der Waals surface area (Å²) in [4.78, 5) is 26.7. The predicted molar refractivity (Wildman–Crippen MR) is 81.2 cm³/mol. The van der Waals surface area contributed by atoms with Crippen LogP contribution in [0.3, 0.4) is 0 Å². The predicted octanol–water partition coefficient (Wildman–Crippen LogP) is 2.84. The van der Waals surface area contributed by atoms with Crippen molar-refractivity contribution < 1.29 is 23.5 Å². The molecular weight excluding hydrogens is 371 g/mol. The van der Waals surface area contributed by atoms with E-state index in [1.165, 1.54) is 12.1 Å². The van der Waals surface area contributed by atoms with Crippen LogP contribution < -0.4 is 5.32 Å². The lowest BCUT2D eigenvalue weighted by atomic mass is 9.80. The summed E-state index contributed by atoms with van der Waals surface area (Å²) in [5, 5.41) is 11.5. The smallest absolute Gasteiger partial charge is 0.306 e. The highest BCUT2D eigenvalue weighted by Crippen LogP contribution is 2.28. The molecule has 1 aliphatic carbocycles. The van der Waals surface area contributed by atoms with Gasteiger partial charge < -0.3 is 14.8 Å². The van der Waals surface area contributed by atoms with Crippen molar-refractivity contribution in [2.24, 2.45) is 5.92 Å². The van der Waals surface area contributed by atoms with Crippen molar-refractivity contribution in [1.82, 2.24) is 10.3 Å². The number of aliphatic carboxylic acids is 1. The number of amides is 1. The summed E-state index contributed by atoms with van der Waals surface area (Å²) in [7, 11) is 0. The Balaban J connectivity index is 1.67. The van der Waals surface area contributed by atoms with Gasteiger partial charge in [0.2, 0.25) is 5.89 Å². The number of oxazole rings is 1. The molecule has 1 saturated carbocycles. The van der Waals surface area contributed by atoms with Crippen LogP contribution in [-0.4, -0.2) is 28.0 Å². The summed E-state index contributed by atoms with van der Waals surface area (Å²) in [6.45, 7) is 0. The van der Waals surface area contributed by atoms with Crippen molar-refractivity contribution in [2.75, 3.05) is 0 Å². The molecule has 0 saturated heterocycles. The summed E-state index contributed by atoms with van der Waals surface area (Å²) < 4.78 is 19.6. The van der Waals surface area contributed by atoms with Crippen molar-refractivity contribution in [1.29, 1.82) is 0 Å². The maximum absolute atomic E-state index is 13.9. The van der Waals surface area contributed by atoms with Gasteiger partial charge in [-0.15, -0.1) is 0 Å². The molecule has 1 heterocycles. The average molecular weight is 383 g/mol. The van der Waals surface area contributed by atoms with Crippen LogP contribution in [-0.2, 0) is 4.79 Å². The molecule has 1 fully saturated rings. The molecule has 1 aliphatic rings. The highest BCUT2D eigenvalue weighted by molar-refractivity contribution is 9.10. The van der Waals surface area contributed by atoms with Crippen molar-refractivity contribution >= 4 is 27.8 Å². The summed E-state index contributed by atoms with van der Waals surface area (Å²) in [5.41, 5.74) is 0.183. The number of nitrogens with one attached hydrogen (secondary N) is 1. The van der Waals surface area contributed by atoms with Gasteiger partial charge in [0.05, 0.1) is 11.5 Å². The van der Waals surface area contributed by atoms with Gasteiger partial charge in [-0.1, -0.05) is 15.9 Å². The van der Waals surface area contributed by atoms with Crippen LogP contribution in [0.5, 0.6) is 0 Å². The molecule has 3 rings (SSSR count). The first-order valence-electron chi connectivity index (χ1n) is 6.88. The Morgan fingerprint density at radius 1 is 1.39 bits per heavy atom. The number of carboxylic acids is 1. The van der Waals surface area contributed by atoms with Crippen LogP contribution in [0.2, 0.25) is 0 Å². The molecule has 2 N–H and O–H groups in total. The van der Waals surface area contributed by atoms with Gasteiger partial charge in [-0.2, -0.15) is 0 Å². The minimum absolute atomic E-state index is 0.0113. The number of carbonyl (C=O) groups is 2. The second kappa shape index (κ2) is 6.11. The third-order valence-corrected chi connectivity index (χ3v) is 4.21. The molecular formula is C15H12BrFN2O4. The maximum atomic E-state index is 13.9. The Kier molecular flexibility index (Phi) is 4.16. The Morgan fingerprint density at radius 3 is 2.78 bits per heavy atom. The largest absolute Gasteiger partial charge is 0.481 e. The lowest BCUT2D eigenvalue weighted by Gasteiger charge is -2.32. The van der Waals surface area contributed by atoms with Crippen molar-refractivity contribution in [2.45, 2.75) is 18.9 Å². The molecule has 1 amide bonds. The third kappa shape index (κ3) is 3.26. The minimum atomic E-state index is -0.857. The number of benzene rings is 1. The van der Waals surface area contributed by atoms with Crippen molar-refractivity contribution in [3.63, 3.8) is 0 Å². The standard InChI is InChI=1S/C15H12BrFN2O4/c16-8-1-2-10(11(17)5-8)14-19-12(6-23-14)13(20)18-9-3-7(4-9)15(21)22/h1-2,5-7,9H,3-4H2,(H,18,20)(H,21,22). The molecule has 6 nitrogen and oxygen atoms in total. The fraction of sp³-hybridized carbons (Fsp3) is 0.267. The van der Waals surface area contributed by atoms with Gasteiger partial charge in [-0.05, 0) is 31.0 Å². The van der Waals surface area contributed by atoms with E-state index in [1.807, 2.05) is 0 Å². The summed E-state index contributed by atoms with van der Waals surface area (Å²) >= 11 is 3.16. The lowest BCUT2D eigenvalue weighted by Crippen LogP contribution is -2.46. The van der Waals surface area contributed by atoms with E-state index >= 15 is 0 Å². The summed E-state index contributed by atoms with van der Waals surface area (Å²) in [6, 6.07) is 4.23. The first-order chi connectivity index (χ1) is 10.9. The van der Waals surface area contributed by atoms with E-state index in [0.717, 1.165) is 6.26 Å². The lowest BCUT2D eigenvalue weighted by molar-refractivity contribution is -0.145. The molecule has 2 aromatic rings. The Morgan fingerprint density at radius 2 is 2.13 bits per heavy atom. The number of carboxylic acid groups (broad SMARTS) is 1. The molecule has 0 bridgehead atoms. The van der Waals surface area contributed by atoms with E-state index in [4.69, 9.17) is 9.52 Å². The number of halogens is 2. The van der Waals surface area contributed by atoms with Crippen LogP contribution >= 0.6 is 15.9 Å². The van der Waals surface area contributed by atoms with Gasteiger partial charge in [0, 0.05) is 10.5 Å². The van der Waals surface area contributed by atoms with Crippen LogP contribution in [0.4, 0.5) is 4.39 Å². The first kappa shape index (κ1) is 15.7. The second-order valence-corrected chi connectivity index (χ2v) is 6.25. The zero-order valence-corrected chi connectivity index (χ0v) is 13.3. The van der Waals surface area contributed by atoms with Gasteiger partial charge >= 0.3 is 5.97 Å². The van der Waals surface area contributed by atoms with Crippen molar-refractivity contribution in [3.8, 4) is 11.5 Å². The molecule has 120 valence electrons. The van der Waals surface area contributed by atoms with Crippen LogP contribution in [0.25, 0.3) is 11.5 Å². The molecule has 1 aromatic heterocycles. The minimum Gasteiger partial charge on any atom is -0.481 e. The fourth-order valence-electron chi connectivity index (χ4n) is 2.36. The zero-order valence-electron chi connectivity index (χ0n) is 11.8. The maximum Gasteiger partial charge on any atom is 0.306 e. The quantitative estimate of drug-likeness (QED) is 0.847. The highest BCUT2D eigenvalue weighted by Gasteiger charge is 2.35. The van der Waals surface area contributed by atoms with Crippen molar-refractivity contribution in [3.05, 3.63) is 40.4 Å². The van der Waals surface area contributed by atoms with E-state index in [-0.39, 0.29) is 23.2 Å². The third-order valence-electron chi connectivity index (χ3n) is 3.72. The van der Waals surface area contributed by atoms with E-state index in [1.54, 1.807) is 6.07 Å². The topological polar surface area (TPSA) is 92.4 Å². The highest BCUT2D eigenvalue weighted by atomic mass is 79.9.